The maximum Gasteiger partial charge on any atom is 0.317 e. The third-order valence-electron chi connectivity index (χ3n) is 4.61. The van der Waals surface area contributed by atoms with Crippen molar-refractivity contribution in [2.24, 2.45) is 10.8 Å². The van der Waals surface area contributed by atoms with Gasteiger partial charge in [-0.1, -0.05) is 13.8 Å². The lowest BCUT2D eigenvalue weighted by Gasteiger charge is -2.37. The highest BCUT2D eigenvalue weighted by molar-refractivity contribution is 5.79. The van der Waals surface area contributed by atoms with Crippen LogP contribution in [-0.2, 0) is 4.79 Å². The Hall–Kier alpha value is -1.30. The molecule has 0 aliphatic carbocycles. The first-order chi connectivity index (χ1) is 8.89. The molecule has 0 aromatic carbocycles. The molecule has 1 aliphatic rings. The number of hydrogen-bond acceptors (Lipinski definition) is 3. The minimum absolute atomic E-state index is 0.219. The molecule has 6 heteroatoms. The predicted molar refractivity (Wildman–Crippen MR) is 75.4 cm³/mol. The van der Waals surface area contributed by atoms with Crippen LogP contribution in [0.5, 0.6) is 0 Å². The highest BCUT2D eigenvalue weighted by atomic mass is 16.4. The van der Waals surface area contributed by atoms with E-state index >= 15 is 0 Å². The van der Waals surface area contributed by atoms with Crippen LogP contribution in [0.15, 0.2) is 0 Å². The summed E-state index contributed by atoms with van der Waals surface area (Å²) in [5.74, 6) is -0.871. The minimum atomic E-state index is -0.916. The number of carbonyl (C=O) groups is 2. The summed E-state index contributed by atoms with van der Waals surface area (Å²) in [7, 11) is 0. The maximum absolute atomic E-state index is 12.1. The molecule has 1 unspecified atom stereocenters. The molecule has 1 fully saturated rings. The molecule has 0 saturated carbocycles. The van der Waals surface area contributed by atoms with E-state index in [9.17, 15) is 14.7 Å². The molecule has 0 radical (unpaired) electrons. The third kappa shape index (κ3) is 3.42. The summed E-state index contributed by atoms with van der Waals surface area (Å²) < 4.78 is 0. The molecule has 20 heavy (non-hydrogen) atoms. The number of amides is 2. The highest BCUT2D eigenvalue weighted by Crippen LogP contribution is 2.31. The molecule has 1 atom stereocenters. The van der Waals surface area contributed by atoms with E-state index in [0.717, 1.165) is 0 Å². The lowest BCUT2D eigenvalue weighted by atomic mass is 9.77. The van der Waals surface area contributed by atoms with Crippen LogP contribution >= 0.6 is 0 Å². The molecule has 0 bridgehead atoms. The predicted octanol–water partition coefficient (Wildman–Crippen LogP) is 1.29. The zero-order valence-corrected chi connectivity index (χ0v) is 13.0. The van der Waals surface area contributed by atoms with Crippen LogP contribution in [0.25, 0.3) is 0 Å². The number of nitrogens with zero attached hydrogens (tertiary/aromatic N) is 1. The largest absolute Gasteiger partial charge is 0.481 e. The van der Waals surface area contributed by atoms with Gasteiger partial charge in [0.05, 0.1) is 11.0 Å². The molecule has 1 aliphatic heterocycles. The number of carboxylic acids is 1. The standard InChI is InChI=1S/C14H26N2O4/c1-12(2,13(3,4)20)8-15-11(19)16-7-6-14(5,9-16)10(17)18/h20H,6-9H2,1-5H3,(H,15,19)(H,17,18). The van der Waals surface area contributed by atoms with Crippen molar-refractivity contribution in [2.75, 3.05) is 19.6 Å². The van der Waals surface area contributed by atoms with E-state index in [4.69, 9.17) is 5.11 Å². The summed E-state index contributed by atoms with van der Waals surface area (Å²) in [4.78, 5) is 24.7. The van der Waals surface area contributed by atoms with Gasteiger partial charge in [0.25, 0.3) is 0 Å². The van der Waals surface area contributed by atoms with Gasteiger partial charge in [0, 0.05) is 25.0 Å². The van der Waals surface area contributed by atoms with Crippen LogP contribution in [0.4, 0.5) is 4.79 Å². The smallest absolute Gasteiger partial charge is 0.317 e. The van der Waals surface area contributed by atoms with Gasteiger partial charge in [-0.3, -0.25) is 4.79 Å². The number of urea groups is 1. The van der Waals surface area contributed by atoms with Crippen molar-refractivity contribution < 1.29 is 19.8 Å². The van der Waals surface area contributed by atoms with Crippen LogP contribution in [-0.4, -0.2) is 52.3 Å². The number of hydrogen-bond donors (Lipinski definition) is 3. The Bertz CT molecular complexity index is 400. The average Bonchev–Trinajstić information content (AvgIpc) is 2.69. The van der Waals surface area contributed by atoms with Gasteiger partial charge in [-0.05, 0) is 27.2 Å². The Balaban J connectivity index is 2.56. The van der Waals surface area contributed by atoms with Crippen molar-refractivity contribution in [1.29, 1.82) is 0 Å². The summed E-state index contributed by atoms with van der Waals surface area (Å²) in [5.41, 5.74) is -2.25. The molecule has 0 aromatic heterocycles. The molecular weight excluding hydrogens is 260 g/mol. The van der Waals surface area contributed by atoms with Crippen molar-refractivity contribution >= 4 is 12.0 Å². The Morgan fingerprint density at radius 3 is 2.25 bits per heavy atom. The Kier molecular flexibility index (Phi) is 4.39. The SMILES string of the molecule is CC1(C(=O)O)CCN(C(=O)NCC(C)(C)C(C)(C)O)C1. The molecule has 1 heterocycles. The molecule has 0 aromatic rings. The summed E-state index contributed by atoms with van der Waals surface area (Å²) in [6, 6.07) is -0.271. The number of carboxylic acid groups (broad SMARTS) is 1. The van der Waals surface area contributed by atoms with E-state index in [1.54, 1.807) is 20.8 Å². The van der Waals surface area contributed by atoms with Crippen molar-refractivity contribution in [3.63, 3.8) is 0 Å². The van der Waals surface area contributed by atoms with Crippen molar-refractivity contribution in [1.82, 2.24) is 10.2 Å². The summed E-state index contributed by atoms with van der Waals surface area (Å²) >= 11 is 0. The van der Waals surface area contributed by atoms with Crippen LogP contribution in [0.1, 0.15) is 41.0 Å². The number of aliphatic carboxylic acids is 1. The normalized spacial score (nSPS) is 23.8. The zero-order valence-electron chi connectivity index (χ0n) is 13.0. The monoisotopic (exact) mass is 286 g/mol. The molecule has 1 saturated heterocycles. The van der Waals surface area contributed by atoms with Gasteiger partial charge in [-0.2, -0.15) is 0 Å². The second kappa shape index (κ2) is 5.24. The topological polar surface area (TPSA) is 89.9 Å². The van der Waals surface area contributed by atoms with Crippen LogP contribution in [0.2, 0.25) is 0 Å². The van der Waals surface area contributed by atoms with Gasteiger partial charge in [-0.25, -0.2) is 4.79 Å². The average molecular weight is 286 g/mol. The maximum atomic E-state index is 12.1. The Morgan fingerprint density at radius 1 is 1.30 bits per heavy atom. The van der Waals surface area contributed by atoms with Gasteiger partial charge >= 0.3 is 12.0 Å². The van der Waals surface area contributed by atoms with Gasteiger partial charge < -0.3 is 20.4 Å². The summed E-state index contributed by atoms with van der Waals surface area (Å²) in [5, 5.41) is 22.0. The number of nitrogens with one attached hydrogen (secondary N) is 1. The number of rotatable bonds is 4. The molecule has 1 rings (SSSR count). The first-order valence-corrected chi connectivity index (χ1v) is 6.88. The van der Waals surface area contributed by atoms with E-state index < -0.39 is 22.4 Å². The van der Waals surface area contributed by atoms with Crippen LogP contribution < -0.4 is 5.32 Å². The molecule has 116 valence electrons. The lowest BCUT2D eigenvalue weighted by molar-refractivity contribution is -0.147. The third-order valence-corrected chi connectivity index (χ3v) is 4.61. The summed E-state index contributed by atoms with van der Waals surface area (Å²) in [6.45, 7) is 9.80. The molecule has 6 nitrogen and oxygen atoms in total. The van der Waals surface area contributed by atoms with E-state index in [1.807, 2.05) is 13.8 Å². The molecule has 2 amide bonds. The first-order valence-electron chi connectivity index (χ1n) is 6.88. The van der Waals surface area contributed by atoms with E-state index in [1.165, 1.54) is 4.90 Å². The van der Waals surface area contributed by atoms with Gasteiger partial charge in [0.1, 0.15) is 0 Å². The fourth-order valence-electron chi connectivity index (χ4n) is 1.93. The van der Waals surface area contributed by atoms with Crippen molar-refractivity contribution in [3.8, 4) is 0 Å². The number of likely N-dealkylation sites (tertiary alicyclic amines) is 1. The van der Waals surface area contributed by atoms with Gasteiger partial charge in [0.2, 0.25) is 0 Å². The highest BCUT2D eigenvalue weighted by Gasteiger charge is 2.42. The number of aliphatic hydroxyl groups is 1. The van der Waals surface area contributed by atoms with E-state index in [-0.39, 0.29) is 12.6 Å². The molecule has 3 N–H and O–H groups in total. The molecular formula is C14H26N2O4. The van der Waals surface area contributed by atoms with Crippen molar-refractivity contribution in [3.05, 3.63) is 0 Å². The minimum Gasteiger partial charge on any atom is -0.481 e. The number of carbonyl (C=O) groups excluding carboxylic acids is 1. The van der Waals surface area contributed by atoms with E-state index in [2.05, 4.69) is 5.32 Å². The molecule has 0 spiro atoms. The quantitative estimate of drug-likeness (QED) is 0.726. The van der Waals surface area contributed by atoms with Crippen molar-refractivity contribution in [2.45, 2.75) is 46.6 Å². The fourth-order valence-corrected chi connectivity index (χ4v) is 1.93. The zero-order chi connectivity index (χ0) is 15.8. The van der Waals surface area contributed by atoms with E-state index in [0.29, 0.717) is 19.5 Å². The van der Waals surface area contributed by atoms with Crippen LogP contribution in [0.3, 0.4) is 0 Å². The van der Waals surface area contributed by atoms with Gasteiger partial charge in [-0.15, -0.1) is 0 Å². The van der Waals surface area contributed by atoms with Gasteiger partial charge in [0.15, 0.2) is 0 Å². The second-order valence-electron chi connectivity index (χ2n) is 7.14. The second-order valence-corrected chi connectivity index (χ2v) is 7.14. The summed E-state index contributed by atoms with van der Waals surface area (Å²) in [6.07, 6.45) is 0.463. The van der Waals surface area contributed by atoms with Crippen LogP contribution in [0, 0.1) is 10.8 Å². The first kappa shape index (κ1) is 16.8. The Morgan fingerprint density at radius 2 is 1.85 bits per heavy atom. The Labute approximate surface area is 120 Å². The lowest BCUT2D eigenvalue weighted by Crippen LogP contribution is -2.50. The fraction of sp³-hybridized carbons (Fsp3) is 0.857.